The Labute approximate surface area is 188 Å². The molecule has 2 aliphatic heterocycles. The van der Waals surface area contributed by atoms with Crippen LogP contribution in [0.15, 0.2) is 24.4 Å². The lowest BCUT2D eigenvalue weighted by Crippen LogP contribution is -2.50. The Balaban J connectivity index is 1.28. The van der Waals surface area contributed by atoms with Crippen LogP contribution in [0.4, 0.5) is 10.6 Å². The normalized spacial score (nSPS) is 25.9. The van der Waals surface area contributed by atoms with Gasteiger partial charge in [-0.1, -0.05) is 13.5 Å². The van der Waals surface area contributed by atoms with Crippen molar-refractivity contribution >= 4 is 21.9 Å². The van der Waals surface area contributed by atoms with Gasteiger partial charge in [0.05, 0.1) is 19.0 Å². The van der Waals surface area contributed by atoms with Crippen LogP contribution in [0.2, 0.25) is 0 Å². The highest BCUT2D eigenvalue weighted by Gasteiger charge is 2.50. The molecule has 2 saturated heterocycles. The Morgan fingerprint density at radius 1 is 1.25 bits per heavy atom. The number of likely N-dealkylation sites (tertiary alicyclic amines) is 1. The Morgan fingerprint density at radius 2 is 1.97 bits per heavy atom. The van der Waals surface area contributed by atoms with Crippen molar-refractivity contribution in [1.29, 1.82) is 0 Å². The lowest BCUT2D eigenvalue weighted by Gasteiger charge is -2.41. The summed E-state index contributed by atoms with van der Waals surface area (Å²) in [5, 5.41) is 10.5. The molecule has 10 nitrogen and oxygen atoms in total. The smallest absolute Gasteiger partial charge is 0.407 e. The van der Waals surface area contributed by atoms with Crippen LogP contribution in [0.25, 0.3) is 0 Å². The fourth-order valence-electron chi connectivity index (χ4n) is 4.64. The van der Waals surface area contributed by atoms with E-state index in [1.165, 1.54) is 4.31 Å². The van der Waals surface area contributed by atoms with E-state index in [-0.39, 0.29) is 17.4 Å². The van der Waals surface area contributed by atoms with Gasteiger partial charge in [0.15, 0.2) is 0 Å². The second-order valence-electron chi connectivity index (χ2n) is 9.16. The fourth-order valence-corrected chi connectivity index (χ4v) is 5.52. The van der Waals surface area contributed by atoms with E-state index in [1.54, 1.807) is 17.3 Å². The van der Waals surface area contributed by atoms with Gasteiger partial charge in [0.25, 0.3) is 0 Å². The SMILES string of the molecule is C=CS(=O)(=O)N1CCN(c2cnc(OCC3CCN(C(=O)O)C(C4(C)CC4)C3)cn2)CC1. The van der Waals surface area contributed by atoms with Crippen LogP contribution in [0.5, 0.6) is 5.88 Å². The molecule has 0 radical (unpaired) electrons. The number of hydrogen-bond donors (Lipinski definition) is 1. The minimum absolute atomic E-state index is 0.0550. The average Bonchev–Trinajstić information content (AvgIpc) is 3.56. The summed E-state index contributed by atoms with van der Waals surface area (Å²) in [5.74, 6) is 1.41. The molecule has 3 aliphatic rings. The topological polar surface area (TPSA) is 116 Å². The third-order valence-electron chi connectivity index (χ3n) is 7.01. The maximum absolute atomic E-state index is 11.9. The van der Waals surface area contributed by atoms with E-state index < -0.39 is 16.1 Å². The zero-order chi connectivity index (χ0) is 22.9. The van der Waals surface area contributed by atoms with E-state index in [1.807, 2.05) is 4.90 Å². The second kappa shape index (κ2) is 8.86. The number of carboxylic acid groups (broad SMARTS) is 1. The van der Waals surface area contributed by atoms with Crippen LogP contribution < -0.4 is 9.64 Å². The van der Waals surface area contributed by atoms with Crippen LogP contribution in [0.1, 0.15) is 32.6 Å². The Morgan fingerprint density at radius 3 is 2.53 bits per heavy atom. The Bertz CT molecular complexity index is 942. The molecular weight excluding hydrogens is 434 g/mol. The van der Waals surface area contributed by atoms with Gasteiger partial charge in [0, 0.05) is 44.2 Å². The molecule has 3 fully saturated rings. The van der Waals surface area contributed by atoms with Gasteiger partial charge >= 0.3 is 6.09 Å². The highest BCUT2D eigenvalue weighted by atomic mass is 32.2. The number of nitrogens with zero attached hydrogens (tertiary/aromatic N) is 5. The summed E-state index contributed by atoms with van der Waals surface area (Å²) in [5.41, 5.74) is 0.105. The molecule has 1 aromatic heterocycles. The Hall–Kier alpha value is -2.40. The molecule has 32 heavy (non-hydrogen) atoms. The van der Waals surface area contributed by atoms with Crippen molar-refractivity contribution in [3.8, 4) is 5.88 Å². The van der Waals surface area contributed by atoms with E-state index >= 15 is 0 Å². The second-order valence-corrected chi connectivity index (χ2v) is 11.0. The molecule has 1 saturated carbocycles. The number of ether oxygens (including phenoxy) is 1. The molecule has 1 aromatic rings. The van der Waals surface area contributed by atoms with Gasteiger partial charge in [-0.05, 0) is 37.0 Å². The number of amides is 1. The van der Waals surface area contributed by atoms with Crippen molar-refractivity contribution in [1.82, 2.24) is 19.2 Å². The highest BCUT2D eigenvalue weighted by Crippen LogP contribution is 2.53. The maximum Gasteiger partial charge on any atom is 0.407 e. The molecule has 0 spiro atoms. The van der Waals surface area contributed by atoms with Crippen LogP contribution >= 0.6 is 0 Å². The molecule has 2 atom stereocenters. The molecule has 1 N–H and O–H groups in total. The van der Waals surface area contributed by atoms with Gasteiger partial charge in [0.1, 0.15) is 5.82 Å². The molecule has 3 heterocycles. The van der Waals surface area contributed by atoms with Gasteiger partial charge in [-0.25, -0.2) is 23.2 Å². The third kappa shape index (κ3) is 4.83. The molecule has 2 unspecified atom stereocenters. The number of hydrogen-bond acceptors (Lipinski definition) is 7. The fraction of sp³-hybridized carbons (Fsp3) is 0.667. The number of carbonyl (C=O) groups is 1. The number of anilines is 1. The number of piperidine rings is 1. The predicted octanol–water partition coefficient (Wildman–Crippen LogP) is 2.01. The van der Waals surface area contributed by atoms with E-state index in [2.05, 4.69) is 23.5 Å². The van der Waals surface area contributed by atoms with Crippen LogP contribution in [0.3, 0.4) is 0 Å². The number of aromatic nitrogens is 2. The summed E-state index contributed by atoms with van der Waals surface area (Å²) in [7, 11) is -3.39. The molecule has 0 aromatic carbocycles. The highest BCUT2D eigenvalue weighted by molar-refractivity contribution is 7.92. The first-order valence-electron chi connectivity index (χ1n) is 11.0. The average molecular weight is 466 g/mol. The molecule has 0 bridgehead atoms. The zero-order valence-corrected chi connectivity index (χ0v) is 19.2. The van der Waals surface area contributed by atoms with Crippen molar-refractivity contribution in [2.45, 2.75) is 38.6 Å². The van der Waals surface area contributed by atoms with Crippen molar-refractivity contribution < 1.29 is 23.1 Å². The lowest BCUT2D eigenvalue weighted by molar-refractivity contribution is 0.0483. The summed E-state index contributed by atoms with van der Waals surface area (Å²) >= 11 is 0. The number of rotatable bonds is 7. The minimum Gasteiger partial charge on any atom is -0.476 e. The summed E-state index contributed by atoms with van der Waals surface area (Å²) in [4.78, 5) is 24.0. The third-order valence-corrected chi connectivity index (χ3v) is 8.52. The van der Waals surface area contributed by atoms with Gasteiger partial charge in [-0.3, -0.25) is 0 Å². The monoisotopic (exact) mass is 465 g/mol. The largest absolute Gasteiger partial charge is 0.476 e. The quantitative estimate of drug-likeness (QED) is 0.650. The van der Waals surface area contributed by atoms with Crippen molar-refractivity contribution in [3.63, 3.8) is 0 Å². The molecule has 1 amide bonds. The van der Waals surface area contributed by atoms with Crippen LogP contribution in [-0.2, 0) is 10.0 Å². The number of piperazine rings is 1. The standard InChI is InChI=1S/C21H31N5O5S/c1-3-32(29,30)25-10-8-24(9-11-25)18-13-23-19(14-22-18)31-15-16-4-7-26(20(27)28)17(12-16)21(2)5-6-21/h3,13-14,16-17H,1,4-12,15H2,2H3,(H,27,28). The van der Waals surface area contributed by atoms with Gasteiger partial charge in [-0.15, -0.1) is 0 Å². The summed E-state index contributed by atoms with van der Waals surface area (Å²) in [6.45, 7) is 8.40. The molecule has 1 aliphatic carbocycles. The molecular formula is C21H31N5O5S. The van der Waals surface area contributed by atoms with E-state index in [0.29, 0.717) is 51.0 Å². The first-order chi connectivity index (χ1) is 15.2. The first kappa shape index (κ1) is 22.8. The summed E-state index contributed by atoms with van der Waals surface area (Å²) in [6, 6.07) is 0.0550. The summed E-state index contributed by atoms with van der Waals surface area (Å²) < 4.78 is 31.1. The minimum atomic E-state index is -3.39. The van der Waals surface area contributed by atoms with E-state index in [0.717, 1.165) is 31.1 Å². The maximum atomic E-state index is 11.9. The van der Waals surface area contributed by atoms with Crippen LogP contribution in [-0.4, -0.2) is 84.2 Å². The van der Waals surface area contributed by atoms with Gasteiger partial charge in [-0.2, -0.15) is 4.31 Å². The lowest BCUT2D eigenvalue weighted by atomic mass is 9.83. The number of sulfonamides is 1. The van der Waals surface area contributed by atoms with Gasteiger partial charge < -0.3 is 19.6 Å². The van der Waals surface area contributed by atoms with Gasteiger partial charge in [0.2, 0.25) is 15.9 Å². The first-order valence-corrected chi connectivity index (χ1v) is 12.5. The van der Waals surface area contributed by atoms with Crippen molar-refractivity contribution in [3.05, 3.63) is 24.4 Å². The molecule has 4 rings (SSSR count). The molecule has 176 valence electrons. The molecule has 11 heteroatoms. The van der Waals surface area contributed by atoms with Crippen molar-refractivity contribution in [2.75, 3.05) is 44.2 Å². The van der Waals surface area contributed by atoms with Crippen molar-refractivity contribution in [2.24, 2.45) is 11.3 Å². The summed E-state index contributed by atoms with van der Waals surface area (Å²) in [6.07, 6.45) is 6.16. The van der Waals surface area contributed by atoms with Crippen LogP contribution in [0, 0.1) is 11.3 Å². The zero-order valence-electron chi connectivity index (χ0n) is 18.4. The predicted molar refractivity (Wildman–Crippen MR) is 119 cm³/mol. The van der Waals surface area contributed by atoms with E-state index in [4.69, 9.17) is 4.74 Å². The Kier molecular flexibility index (Phi) is 6.30. The van der Waals surface area contributed by atoms with E-state index in [9.17, 15) is 18.3 Å².